The van der Waals surface area contributed by atoms with Gasteiger partial charge in [-0.1, -0.05) is 25.5 Å². The Morgan fingerprint density at radius 1 is 1.03 bits per heavy atom. The highest BCUT2D eigenvalue weighted by Crippen LogP contribution is 2.71. The summed E-state index contributed by atoms with van der Waals surface area (Å²) in [5.74, 6) is 1.71. The van der Waals surface area contributed by atoms with Crippen LogP contribution in [0.4, 0.5) is 0 Å². The highest BCUT2D eigenvalue weighted by atomic mass is 16.6. The number of ether oxygens (including phenoxy) is 3. The molecule has 9 atom stereocenters. The van der Waals surface area contributed by atoms with Crippen LogP contribution in [0, 0.1) is 35.5 Å². The Morgan fingerprint density at radius 3 is 2.42 bits per heavy atom. The Balaban J connectivity index is 1.50. The first-order valence-corrected chi connectivity index (χ1v) is 14.3. The Hall–Kier alpha value is -2.57. The predicted octanol–water partition coefficient (Wildman–Crippen LogP) is 5.79. The number of hydrogen-bond donors (Lipinski definition) is 0. The molecule has 3 saturated carbocycles. The molecule has 4 aliphatic carbocycles. The van der Waals surface area contributed by atoms with Crippen LogP contribution in [0.2, 0.25) is 0 Å². The highest BCUT2D eigenvalue weighted by Gasteiger charge is 2.71. The fraction of sp³-hybridized carbons (Fsp3) is 0.710. The van der Waals surface area contributed by atoms with E-state index in [4.69, 9.17) is 18.6 Å². The number of furan rings is 1. The molecule has 7 heteroatoms. The van der Waals surface area contributed by atoms with Crippen molar-refractivity contribution in [3.8, 4) is 0 Å². The molecule has 38 heavy (non-hydrogen) atoms. The smallest absolute Gasteiger partial charge is 0.306 e. The molecule has 1 saturated heterocycles. The lowest BCUT2D eigenvalue weighted by Crippen LogP contribution is -2.61. The van der Waals surface area contributed by atoms with Crippen LogP contribution in [-0.2, 0) is 28.6 Å². The van der Waals surface area contributed by atoms with Crippen molar-refractivity contribution in [3.63, 3.8) is 0 Å². The van der Waals surface area contributed by atoms with E-state index in [1.807, 2.05) is 13.0 Å². The molecule has 206 valence electrons. The molecule has 0 bridgehead atoms. The number of allylic oxidation sites excluding steroid dienone is 1. The summed E-state index contributed by atoms with van der Waals surface area (Å²) in [6.45, 7) is 9.53. The van der Waals surface area contributed by atoms with Gasteiger partial charge in [-0.15, -0.1) is 0 Å². The van der Waals surface area contributed by atoms with Crippen LogP contribution >= 0.6 is 0 Å². The number of aryl methyl sites for hydroxylation is 1. The summed E-state index contributed by atoms with van der Waals surface area (Å²) >= 11 is 0. The van der Waals surface area contributed by atoms with Crippen molar-refractivity contribution in [2.24, 2.45) is 28.6 Å². The molecule has 1 aromatic heterocycles. The lowest BCUT2D eigenvalue weighted by molar-refractivity contribution is -0.198. The maximum absolute atomic E-state index is 12.5. The van der Waals surface area contributed by atoms with Crippen molar-refractivity contribution in [2.45, 2.75) is 110 Å². The molecule has 5 aliphatic rings. The molecule has 2 heterocycles. The quantitative estimate of drug-likeness (QED) is 0.281. The van der Waals surface area contributed by atoms with Gasteiger partial charge in [0, 0.05) is 43.9 Å². The molecule has 1 spiro atoms. The summed E-state index contributed by atoms with van der Waals surface area (Å²) in [5, 5.41) is 0. The van der Waals surface area contributed by atoms with Crippen molar-refractivity contribution < 1.29 is 33.0 Å². The van der Waals surface area contributed by atoms with Crippen LogP contribution < -0.4 is 0 Å². The molecule has 0 N–H and O–H groups in total. The number of carbonyl (C=O) groups is 3. The number of fused-ring (bicyclic) bond motifs is 6. The first-order valence-electron chi connectivity index (χ1n) is 14.3. The second-order valence-electron chi connectivity index (χ2n) is 13.0. The molecule has 6 rings (SSSR count). The van der Waals surface area contributed by atoms with Crippen molar-refractivity contribution in [1.29, 1.82) is 0 Å². The predicted molar refractivity (Wildman–Crippen MR) is 138 cm³/mol. The van der Waals surface area contributed by atoms with Gasteiger partial charge in [0.05, 0.1) is 0 Å². The van der Waals surface area contributed by atoms with Gasteiger partial charge in [0.25, 0.3) is 0 Å². The van der Waals surface area contributed by atoms with Gasteiger partial charge < -0.3 is 18.6 Å². The summed E-state index contributed by atoms with van der Waals surface area (Å²) < 4.78 is 24.4. The third-order valence-electron chi connectivity index (χ3n) is 11.1. The second kappa shape index (κ2) is 8.72. The Morgan fingerprint density at radius 2 is 1.79 bits per heavy atom. The SMILES string of the molecule is CC(=O)OC1C[C@@]2(C)[C@@H](CCC23CCC(=O)O3)[C@H]2C1[C@@]1(C)CC[C@H](OC(C)=O)CC1=C[C@H]2c1ccc(C)o1. The lowest BCUT2D eigenvalue weighted by atomic mass is 9.44. The Bertz CT molecular complexity index is 1200. The summed E-state index contributed by atoms with van der Waals surface area (Å²) in [6, 6.07) is 4.09. The molecule has 3 unspecified atom stereocenters. The fourth-order valence-corrected chi connectivity index (χ4v) is 9.58. The van der Waals surface area contributed by atoms with Crippen LogP contribution in [-0.4, -0.2) is 35.7 Å². The summed E-state index contributed by atoms with van der Waals surface area (Å²) in [6.07, 6.45) is 7.98. The minimum atomic E-state index is -0.500. The summed E-state index contributed by atoms with van der Waals surface area (Å²) in [4.78, 5) is 36.8. The zero-order valence-corrected chi connectivity index (χ0v) is 23.2. The fourth-order valence-electron chi connectivity index (χ4n) is 9.58. The maximum atomic E-state index is 12.5. The van der Waals surface area contributed by atoms with E-state index < -0.39 is 5.60 Å². The van der Waals surface area contributed by atoms with Crippen LogP contribution in [0.15, 0.2) is 28.2 Å². The highest BCUT2D eigenvalue weighted by molar-refractivity contribution is 5.72. The van der Waals surface area contributed by atoms with Crippen molar-refractivity contribution in [1.82, 2.24) is 0 Å². The molecular formula is C31H40O7. The summed E-state index contributed by atoms with van der Waals surface area (Å²) in [5.41, 5.74) is 0.288. The van der Waals surface area contributed by atoms with Crippen LogP contribution in [0.3, 0.4) is 0 Å². The number of esters is 3. The monoisotopic (exact) mass is 524 g/mol. The van der Waals surface area contributed by atoms with Gasteiger partial charge in [0.2, 0.25) is 0 Å². The molecule has 4 fully saturated rings. The minimum Gasteiger partial charge on any atom is -0.466 e. The first kappa shape index (κ1) is 25.7. The van der Waals surface area contributed by atoms with Gasteiger partial charge in [0.15, 0.2) is 0 Å². The van der Waals surface area contributed by atoms with E-state index in [2.05, 4.69) is 26.0 Å². The average molecular weight is 525 g/mol. The molecule has 0 radical (unpaired) electrons. The van der Waals surface area contributed by atoms with E-state index in [1.54, 1.807) is 0 Å². The normalized spacial score (nSPS) is 43.5. The zero-order chi connectivity index (χ0) is 27.0. The topological polar surface area (TPSA) is 92.0 Å². The van der Waals surface area contributed by atoms with E-state index in [-0.39, 0.29) is 58.7 Å². The van der Waals surface area contributed by atoms with E-state index in [0.717, 1.165) is 43.6 Å². The Labute approximate surface area is 224 Å². The van der Waals surface area contributed by atoms with E-state index in [0.29, 0.717) is 25.2 Å². The van der Waals surface area contributed by atoms with Gasteiger partial charge in [-0.2, -0.15) is 0 Å². The molecule has 0 aromatic carbocycles. The standard InChI is InChI=1S/C31H40O7/c1-17-6-7-24(35-17)22-15-20-14-21(36-18(2)32)8-11-29(20,4)28-25(37-19(3)33)16-30(5)23(27(22)28)9-12-31(30)13-10-26(34)38-31/h6-7,15,21-23,25,27-28H,8-14,16H2,1-5H3/t21-,22-,23-,25?,27-,28?,29-,30-,31?/m0/s1. The average Bonchev–Trinajstić information content (AvgIpc) is 3.51. The zero-order valence-electron chi connectivity index (χ0n) is 23.2. The Kier molecular flexibility index (Phi) is 5.90. The number of rotatable bonds is 3. The largest absolute Gasteiger partial charge is 0.466 e. The van der Waals surface area contributed by atoms with Gasteiger partial charge >= 0.3 is 17.9 Å². The molecule has 0 amide bonds. The van der Waals surface area contributed by atoms with Gasteiger partial charge in [0.1, 0.15) is 29.3 Å². The molecule has 7 nitrogen and oxygen atoms in total. The van der Waals surface area contributed by atoms with E-state index in [9.17, 15) is 14.4 Å². The molecular weight excluding hydrogens is 484 g/mol. The number of hydrogen-bond acceptors (Lipinski definition) is 7. The van der Waals surface area contributed by atoms with Gasteiger partial charge in [-0.25, -0.2) is 0 Å². The van der Waals surface area contributed by atoms with Crippen molar-refractivity contribution >= 4 is 17.9 Å². The van der Waals surface area contributed by atoms with Crippen molar-refractivity contribution in [3.05, 3.63) is 35.3 Å². The minimum absolute atomic E-state index is 0.00258. The van der Waals surface area contributed by atoms with Crippen LogP contribution in [0.1, 0.15) is 96.5 Å². The lowest BCUT2D eigenvalue weighted by Gasteiger charge is -2.62. The third-order valence-corrected chi connectivity index (χ3v) is 11.1. The van der Waals surface area contributed by atoms with Crippen LogP contribution in [0.25, 0.3) is 0 Å². The second-order valence-corrected chi connectivity index (χ2v) is 13.0. The number of carbonyl (C=O) groups excluding carboxylic acids is 3. The van der Waals surface area contributed by atoms with E-state index in [1.165, 1.54) is 19.4 Å². The molecule has 1 aromatic rings. The summed E-state index contributed by atoms with van der Waals surface area (Å²) in [7, 11) is 0. The third kappa shape index (κ3) is 3.70. The maximum Gasteiger partial charge on any atom is 0.306 e. The van der Waals surface area contributed by atoms with Crippen LogP contribution in [0.5, 0.6) is 0 Å². The van der Waals surface area contributed by atoms with Gasteiger partial charge in [-0.05, 0) is 74.8 Å². The van der Waals surface area contributed by atoms with Gasteiger partial charge in [-0.3, -0.25) is 14.4 Å². The van der Waals surface area contributed by atoms with E-state index >= 15 is 0 Å². The van der Waals surface area contributed by atoms with Crippen molar-refractivity contribution in [2.75, 3.05) is 0 Å². The first-order chi connectivity index (χ1) is 18.0. The molecule has 1 aliphatic heterocycles.